The molecule has 2 atom stereocenters. The molecule has 0 saturated carbocycles. The van der Waals surface area contributed by atoms with E-state index in [-0.39, 0.29) is 17.5 Å². The highest BCUT2D eigenvalue weighted by molar-refractivity contribution is 5.97. The van der Waals surface area contributed by atoms with Crippen LogP contribution in [-0.4, -0.2) is 23.4 Å². The van der Waals surface area contributed by atoms with Crippen LogP contribution in [0.5, 0.6) is 5.75 Å². The molecule has 3 aliphatic rings. The molecule has 0 amide bonds. The number of rotatable bonds is 7. The molecule has 1 fully saturated rings. The highest BCUT2D eigenvalue weighted by Gasteiger charge is 2.24. The molecule has 1 aliphatic carbocycles. The summed E-state index contributed by atoms with van der Waals surface area (Å²) < 4.78 is 14.3. The van der Waals surface area contributed by atoms with Gasteiger partial charge < -0.3 is 10.4 Å². The molecule has 2 N–H and O–H groups in total. The predicted molar refractivity (Wildman–Crippen MR) is 124 cm³/mol. The maximum absolute atomic E-state index is 14.3. The van der Waals surface area contributed by atoms with Crippen LogP contribution in [0.4, 0.5) is 4.39 Å². The fourth-order valence-corrected chi connectivity index (χ4v) is 4.43. The molecule has 1 aromatic rings. The molecule has 4 heteroatoms. The topological polar surface area (TPSA) is 44.6 Å². The van der Waals surface area contributed by atoms with E-state index in [0.717, 1.165) is 42.3 Å². The van der Waals surface area contributed by atoms with Crippen molar-refractivity contribution in [1.29, 1.82) is 0 Å². The van der Waals surface area contributed by atoms with Crippen molar-refractivity contribution in [2.75, 3.05) is 6.54 Å². The summed E-state index contributed by atoms with van der Waals surface area (Å²) >= 11 is 0. The average molecular weight is 411 g/mol. The summed E-state index contributed by atoms with van der Waals surface area (Å²) in [6, 6.07) is 4.92. The van der Waals surface area contributed by atoms with Crippen molar-refractivity contribution in [3.63, 3.8) is 0 Å². The number of nitrogens with one attached hydrogen (secondary N) is 1. The van der Waals surface area contributed by atoms with Gasteiger partial charge in [0.25, 0.3) is 0 Å². The molecule has 1 aromatic carbocycles. The minimum atomic E-state index is -0.319. The lowest BCUT2D eigenvalue weighted by Gasteiger charge is -2.11. The van der Waals surface area contributed by atoms with Gasteiger partial charge in [-0.05, 0) is 69.3 Å². The minimum absolute atomic E-state index is 0.0778. The number of halogens is 1. The van der Waals surface area contributed by atoms with Crippen molar-refractivity contribution < 1.29 is 9.50 Å². The number of benzene rings is 1. The van der Waals surface area contributed by atoms with E-state index in [4.69, 9.17) is 4.99 Å². The smallest absolute Gasteiger partial charge is 0.131 e. The second-order valence-corrected chi connectivity index (χ2v) is 8.06. The first-order valence-electron chi connectivity index (χ1n) is 11.6. The van der Waals surface area contributed by atoms with E-state index >= 15 is 0 Å². The normalized spacial score (nSPS) is 22.4. The van der Waals surface area contributed by atoms with Crippen LogP contribution in [0, 0.1) is 11.7 Å². The molecule has 30 heavy (non-hydrogen) atoms. The first-order valence-corrected chi connectivity index (χ1v) is 11.6. The molecule has 3 nitrogen and oxygen atoms in total. The monoisotopic (exact) mass is 410 g/mol. The number of aliphatic imine (C=N–C) groups is 1. The van der Waals surface area contributed by atoms with E-state index in [2.05, 4.69) is 23.5 Å². The highest BCUT2D eigenvalue weighted by atomic mass is 19.1. The molecule has 2 heterocycles. The number of hydrogen-bond acceptors (Lipinski definition) is 3. The van der Waals surface area contributed by atoms with Crippen LogP contribution in [0.2, 0.25) is 0 Å². The van der Waals surface area contributed by atoms with Gasteiger partial charge in [-0.2, -0.15) is 0 Å². The average Bonchev–Trinajstić information content (AvgIpc) is 3.37. The van der Waals surface area contributed by atoms with Crippen molar-refractivity contribution in [3.8, 4) is 5.75 Å². The van der Waals surface area contributed by atoms with Crippen LogP contribution >= 0.6 is 0 Å². The van der Waals surface area contributed by atoms with Crippen LogP contribution in [-0.2, 0) is 0 Å². The van der Waals surface area contributed by atoms with Gasteiger partial charge in [-0.25, -0.2) is 4.39 Å². The number of hydrogen-bond donors (Lipinski definition) is 2. The Morgan fingerprint density at radius 3 is 2.83 bits per heavy atom. The van der Waals surface area contributed by atoms with E-state index in [1.807, 2.05) is 19.9 Å². The van der Waals surface area contributed by atoms with E-state index in [9.17, 15) is 9.50 Å². The van der Waals surface area contributed by atoms with Crippen molar-refractivity contribution in [2.24, 2.45) is 10.9 Å². The molecule has 1 saturated heterocycles. The Balaban J connectivity index is 0.00000124. The zero-order valence-electron chi connectivity index (χ0n) is 18.3. The van der Waals surface area contributed by atoms with Gasteiger partial charge in [0.2, 0.25) is 0 Å². The summed E-state index contributed by atoms with van der Waals surface area (Å²) in [4.78, 5) is 4.93. The third kappa shape index (κ3) is 5.69. The van der Waals surface area contributed by atoms with Crippen molar-refractivity contribution in [3.05, 3.63) is 59.6 Å². The van der Waals surface area contributed by atoms with E-state index in [0.29, 0.717) is 5.56 Å². The summed E-state index contributed by atoms with van der Waals surface area (Å²) in [5.74, 6) is -0.0481. The van der Waals surface area contributed by atoms with E-state index in [1.165, 1.54) is 56.8 Å². The van der Waals surface area contributed by atoms with Gasteiger partial charge in [-0.3, -0.25) is 4.99 Å². The molecule has 0 aromatic heterocycles. The largest absolute Gasteiger partial charge is 0.508 e. The molecular weight excluding hydrogens is 375 g/mol. The number of phenols is 1. The molecule has 2 aliphatic heterocycles. The van der Waals surface area contributed by atoms with Gasteiger partial charge in [0.1, 0.15) is 11.6 Å². The minimum Gasteiger partial charge on any atom is -0.508 e. The Labute approximate surface area is 180 Å². The zero-order valence-corrected chi connectivity index (χ0v) is 18.3. The quantitative estimate of drug-likeness (QED) is 0.500. The third-order valence-electron chi connectivity index (χ3n) is 5.97. The van der Waals surface area contributed by atoms with Gasteiger partial charge in [-0.1, -0.05) is 44.9 Å². The first kappa shape index (κ1) is 22.5. The number of phenolic OH excluding ortho intramolecular Hbond substituents is 1. The fraction of sp³-hybridized carbons (Fsp3) is 0.500. The van der Waals surface area contributed by atoms with Crippen LogP contribution in [0.15, 0.2) is 53.2 Å². The molecule has 0 spiro atoms. The lowest BCUT2D eigenvalue weighted by molar-refractivity contribution is 0.472. The van der Waals surface area contributed by atoms with E-state index < -0.39 is 0 Å². The Kier molecular flexibility index (Phi) is 8.44. The summed E-state index contributed by atoms with van der Waals surface area (Å²) in [6.45, 7) is 5.18. The van der Waals surface area contributed by atoms with Crippen molar-refractivity contribution >= 4 is 11.3 Å². The van der Waals surface area contributed by atoms with Gasteiger partial charge in [0, 0.05) is 28.8 Å². The number of fused-ring (bicyclic) bond motifs is 1. The van der Waals surface area contributed by atoms with Gasteiger partial charge >= 0.3 is 0 Å². The van der Waals surface area contributed by atoms with Crippen molar-refractivity contribution in [1.82, 2.24) is 5.32 Å². The van der Waals surface area contributed by atoms with Crippen molar-refractivity contribution in [2.45, 2.75) is 71.3 Å². The summed E-state index contributed by atoms with van der Waals surface area (Å²) in [5, 5.41) is 13.3. The molecular formula is C26H35FN2O. The maximum Gasteiger partial charge on any atom is 0.131 e. The molecule has 2 unspecified atom stereocenters. The lowest BCUT2D eigenvalue weighted by atomic mass is 10.0. The summed E-state index contributed by atoms with van der Waals surface area (Å²) in [6.07, 6.45) is 17.8. The number of unbranched alkanes of at least 4 members (excludes halogenated alkanes) is 2. The Morgan fingerprint density at radius 1 is 1.17 bits per heavy atom. The Morgan fingerprint density at radius 2 is 2.03 bits per heavy atom. The van der Waals surface area contributed by atoms with Crippen LogP contribution in [0.3, 0.4) is 0 Å². The molecule has 0 radical (unpaired) electrons. The SMILES string of the molecule is CC.Oc1ccc(F)c(C2=C3N=C(CCCCCC4CCCN4)C=CCC3C=C2)c1. The highest BCUT2D eigenvalue weighted by Crippen LogP contribution is 2.38. The van der Waals surface area contributed by atoms with Gasteiger partial charge in [-0.15, -0.1) is 0 Å². The van der Waals surface area contributed by atoms with Crippen LogP contribution in [0.1, 0.15) is 70.8 Å². The molecule has 162 valence electrons. The third-order valence-corrected chi connectivity index (χ3v) is 5.97. The second-order valence-electron chi connectivity index (χ2n) is 8.06. The second kappa shape index (κ2) is 11.3. The zero-order chi connectivity index (χ0) is 21.3. The first-order chi connectivity index (χ1) is 14.7. The van der Waals surface area contributed by atoms with E-state index in [1.54, 1.807) is 0 Å². The molecule has 4 rings (SSSR count). The standard InChI is InChI=1S/C24H29FN2O.C2H6/c25-23-14-12-20(28)16-22(23)21-13-11-17-6-4-9-19(27-24(17)21)8-3-1-2-7-18-10-5-15-26-18;1-2/h4,9,11-14,16-18,26,28H,1-3,5-8,10,15H2;1-2H3. The Hall–Kier alpha value is -2.20. The van der Waals surface area contributed by atoms with Crippen LogP contribution in [0.25, 0.3) is 5.57 Å². The van der Waals surface area contributed by atoms with Crippen LogP contribution < -0.4 is 5.32 Å². The molecule has 0 bridgehead atoms. The summed E-state index contributed by atoms with van der Waals surface area (Å²) in [5.41, 5.74) is 3.24. The Bertz CT molecular complexity index is 831. The number of allylic oxidation sites excluding steroid dienone is 5. The number of aromatic hydroxyl groups is 1. The fourth-order valence-electron chi connectivity index (χ4n) is 4.43. The summed E-state index contributed by atoms with van der Waals surface area (Å²) in [7, 11) is 0. The number of nitrogens with zero attached hydrogens (tertiary/aromatic N) is 1. The predicted octanol–water partition coefficient (Wildman–Crippen LogP) is 6.56. The maximum atomic E-state index is 14.3. The van der Waals surface area contributed by atoms with Gasteiger partial charge in [0.05, 0.1) is 5.70 Å². The van der Waals surface area contributed by atoms with Gasteiger partial charge in [0.15, 0.2) is 0 Å². The lowest BCUT2D eigenvalue weighted by Crippen LogP contribution is -2.20.